The number of aromatic hydroxyl groups is 1. The van der Waals surface area contributed by atoms with Gasteiger partial charge < -0.3 is 9.84 Å². The number of phenolic OH excluding ortho intramolecular Hbond substituents is 1. The molecule has 1 aliphatic heterocycles. The van der Waals surface area contributed by atoms with Crippen LogP contribution in [0.15, 0.2) is 66.2 Å². The molecule has 0 aromatic heterocycles. The number of ether oxygens (including phenoxy) is 1. The zero-order chi connectivity index (χ0) is 20.5. The number of nitrogens with one attached hydrogen (secondary N) is 1. The van der Waals surface area contributed by atoms with E-state index in [1.165, 1.54) is 37.5 Å². The van der Waals surface area contributed by atoms with E-state index in [0.717, 1.165) is 15.7 Å². The fraction of sp³-hybridized carbons (Fsp3) is 0.0455. The van der Waals surface area contributed by atoms with Crippen molar-refractivity contribution in [3.8, 4) is 11.5 Å². The summed E-state index contributed by atoms with van der Waals surface area (Å²) in [5.74, 6) is -1.07. The number of methoxy groups -OCH3 is 1. The van der Waals surface area contributed by atoms with Crippen LogP contribution in [0.4, 0.5) is 10.5 Å². The van der Waals surface area contributed by atoms with Gasteiger partial charge >= 0.3 is 6.03 Å². The van der Waals surface area contributed by atoms with Gasteiger partial charge in [-0.1, -0.05) is 30.3 Å². The highest BCUT2D eigenvalue weighted by Gasteiger charge is 2.37. The number of urea groups is 1. The fourth-order valence-electron chi connectivity index (χ4n) is 3.24. The van der Waals surface area contributed by atoms with Crippen LogP contribution in [0.5, 0.6) is 11.5 Å². The lowest BCUT2D eigenvalue weighted by Gasteiger charge is -2.26. The van der Waals surface area contributed by atoms with Crippen molar-refractivity contribution in [1.82, 2.24) is 5.32 Å². The topological polar surface area (TPSA) is 95.9 Å². The molecule has 144 valence electrons. The monoisotopic (exact) mass is 388 g/mol. The molecule has 0 unspecified atom stereocenters. The molecule has 0 saturated carbocycles. The summed E-state index contributed by atoms with van der Waals surface area (Å²) in [6, 6.07) is 15.8. The van der Waals surface area contributed by atoms with Crippen LogP contribution in [-0.2, 0) is 9.59 Å². The minimum absolute atomic E-state index is 0.00838. The summed E-state index contributed by atoms with van der Waals surface area (Å²) in [5.41, 5.74) is 0.588. The minimum Gasteiger partial charge on any atom is -0.508 e. The third-order valence-corrected chi connectivity index (χ3v) is 4.65. The van der Waals surface area contributed by atoms with E-state index in [1.807, 2.05) is 30.3 Å². The van der Waals surface area contributed by atoms with Crippen molar-refractivity contribution in [3.05, 3.63) is 71.8 Å². The number of rotatable bonds is 3. The molecular weight excluding hydrogens is 372 g/mol. The number of fused-ring (bicyclic) bond motifs is 1. The average Bonchev–Trinajstić information content (AvgIpc) is 2.72. The summed E-state index contributed by atoms with van der Waals surface area (Å²) >= 11 is 0. The Hall–Kier alpha value is -4.13. The molecular formula is C22H16N2O5. The van der Waals surface area contributed by atoms with Crippen molar-refractivity contribution in [2.24, 2.45) is 0 Å². The lowest BCUT2D eigenvalue weighted by Crippen LogP contribution is -2.54. The molecule has 0 bridgehead atoms. The number of nitrogens with zero attached hydrogens (tertiary/aromatic N) is 1. The maximum absolute atomic E-state index is 13.0. The zero-order valence-corrected chi connectivity index (χ0v) is 15.4. The first-order valence-corrected chi connectivity index (χ1v) is 8.76. The van der Waals surface area contributed by atoms with E-state index < -0.39 is 17.8 Å². The molecule has 1 aliphatic rings. The van der Waals surface area contributed by atoms with Gasteiger partial charge in [-0.2, -0.15) is 0 Å². The van der Waals surface area contributed by atoms with E-state index in [4.69, 9.17) is 4.74 Å². The van der Waals surface area contributed by atoms with Crippen molar-refractivity contribution >= 4 is 40.4 Å². The predicted octanol–water partition coefficient (Wildman–Crippen LogP) is 3.22. The Morgan fingerprint density at radius 2 is 1.69 bits per heavy atom. The highest BCUT2D eigenvalue weighted by atomic mass is 16.5. The Bertz CT molecular complexity index is 1180. The lowest BCUT2D eigenvalue weighted by atomic mass is 9.99. The van der Waals surface area contributed by atoms with Crippen molar-refractivity contribution in [2.75, 3.05) is 12.0 Å². The summed E-state index contributed by atoms with van der Waals surface area (Å²) in [4.78, 5) is 38.6. The molecule has 1 heterocycles. The number of barbiturate groups is 1. The highest BCUT2D eigenvalue weighted by Crippen LogP contribution is 2.31. The second-order valence-corrected chi connectivity index (χ2v) is 6.38. The molecule has 4 rings (SSSR count). The molecule has 2 N–H and O–H groups in total. The van der Waals surface area contributed by atoms with Crippen LogP contribution in [0.25, 0.3) is 16.8 Å². The molecule has 7 heteroatoms. The quantitative estimate of drug-likeness (QED) is 0.531. The second kappa shape index (κ2) is 7.12. The number of amides is 4. The van der Waals surface area contributed by atoms with Crippen LogP contribution < -0.4 is 15.0 Å². The van der Waals surface area contributed by atoms with Gasteiger partial charge in [-0.15, -0.1) is 0 Å². The molecule has 0 radical (unpaired) electrons. The number of carbonyl (C=O) groups is 3. The first-order valence-electron chi connectivity index (χ1n) is 8.76. The largest absolute Gasteiger partial charge is 0.508 e. The molecule has 1 fully saturated rings. The van der Waals surface area contributed by atoms with E-state index in [9.17, 15) is 19.5 Å². The van der Waals surface area contributed by atoms with Gasteiger partial charge in [-0.25, -0.2) is 9.69 Å². The maximum Gasteiger partial charge on any atom is 0.335 e. The zero-order valence-electron chi connectivity index (χ0n) is 15.4. The highest BCUT2D eigenvalue weighted by molar-refractivity contribution is 6.39. The van der Waals surface area contributed by atoms with Gasteiger partial charge in [-0.3, -0.25) is 14.9 Å². The molecule has 29 heavy (non-hydrogen) atoms. The van der Waals surface area contributed by atoms with Gasteiger partial charge in [0.2, 0.25) is 0 Å². The molecule has 0 atom stereocenters. The van der Waals surface area contributed by atoms with Crippen molar-refractivity contribution < 1.29 is 24.2 Å². The number of carbonyl (C=O) groups excluding carboxylic acids is 3. The van der Waals surface area contributed by atoms with Gasteiger partial charge in [0.15, 0.2) is 0 Å². The molecule has 0 aliphatic carbocycles. The number of anilines is 1. The Morgan fingerprint density at radius 3 is 2.41 bits per heavy atom. The standard InChI is InChI=1S/C22H16N2O5/c1-29-19-11-6-13-4-2-3-5-16(13)17(19)12-18-20(26)23-22(28)24(21(18)27)14-7-9-15(25)10-8-14/h2-12,25H,1H3,(H,23,26,28)/b18-12+. The molecule has 7 nitrogen and oxygen atoms in total. The summed E-state index contributed by atoms with van der Waals surface area (Å²) in [6.45, 7) is 0. The molecule has 3 aromatic rings. The fourth-order valence-corrected chi connectivity index (χ4v) is 3.24. The van der Waals surface area contributed by atoms with Crippen LogP contribution in [0.1, 0.15) is 5.56 Å². The van der Waals surface area contributed by atoms with E-state index in [-0.39, 0.29) is 17.0 Å². The number of imide groups is 2. The van der Waals surface area contributed by atoms with Gasteiger partial charge in [0, 0.05) is 5.56 Å². The molecule has 0 spiro atoms. The van der Waals surface area contributed by atoms with Crippen LogP contribution in [-0.4, -0.2) is 30.1 Å². The van der Waals surface area contributed by atoms with Gasteiger partial charge in [0.1, 0.15) is 17.1 Å². The Labute approximate surface area is 165 Å². The Kier molecular flexibility index (Phi) is 4.48. The SMILES string of the molecule is COc1ccc2ccccc2c1/C=C1\C(=O)NC(=O)N(c2ccc(O)cc2)C1=O. The van der Waals surface area contributed by atoms with Gasteiger partial charge in [0.05, 0.1) is 12.8 Å². The number of benzene rings is 3. The summed E-state index contributed by atoms with van der Waals surface area (Å²) in [7, 11) is 1.50. The normalized spacial score (nSPS) is 15.7. The maximum atomic E-state index is 13.0. The van der Waals surface area contributed by atoms with Crippen molar-refractivity contribution in [2.45, 2.75) is 0 Å². The number of phenols is 1. The first kappa shape index (κ1) is 18.2. The van der Waals surface area contributed by atoms with Gasteiger partial charge in [-0.05, 0) is 47.2 Å². The van der Waals surface area contributed by atoms with E-state index >= 15 is 0 Å². The molecule has 1 saturated heterocycles. The van der Waals surface area contributed by atoms with Crippen LogP contribution in [0.2, 0.25) is 0 Å². The van der Waals surface area contributed by atoms with Crippen LogP contribution in [0, 0.1) is 0 Å². The van der Waals surface area contributed by atoms with Crippen molar-refractivity contribution in [1.29, 1.82) is 0 Å². The van der Waals surface area contributed by atoms with Crippen LogP contribution in [0.3, 0.4) is 0 Å². The number of hydrogen-bond donors (Lipinski definition) is 2. The minimum atomic E-state index is -0.854. The first-order chi connectivity index (χ1) is 14.0. The number of hydrogen-bond acceptors (Lipinski definition) is 5. The summed E-state index contributed by atoms with van der Waals surface area (Å²) < 4.78 is 5.42. The average molecular weight is 388 g/mol. The van der Waals surface area contributed by atoms with Crippen LogP contribution >= 0.6 is 0 Å². The predicted molar refractivity (Wildman–Crippen MR) is 108 cm³/mol. The smallest absolute Gasteiger partial charge is 0.335 e. The Morgan fingerprint density at radius 1 is 0.966 bits per heavy atom. The second-order valence-electron chi connectivity index (χ2n) is 6.38. The van der Waals surface area contributed by atoms with E-state index in [2.05, 4.69) is 5.32 Å². The third-order valence-electron chi connectivity index (χ3n) is 4.65. The summed E-state index contributed by atoms with van der Waals surface area (Å²) in [6.07, 6.45) is 1.43. The molecule has 4 amide bonds. The van der Waals surface area contributed by atoms with Crippen molar-refractivity contribution in [3.63, 3.8) is 0 Å². The van der Waals surface area contributed by atoms with E-state index in [1.54, 1.807) is 6.07 Å². The third kappa shape index (κ3) is 3.19. The van der Waals surface area contributed by atoms with Gasteiger partial charge in [0.25, 0.3) is 11.8 Å². The lowest BCUT2D eigenvalue weighted by molar-refractivity contribution is -0.122. The summed E-state index contributed by atoms with van der Waals surface area (Å²) in [5, 5.41) is 13.3. The van der Waals surface area contributed by atoms with E-state index in [0.29, 0.717) is 11.3 Å². The Balaban J connectivity index is 1.86. The molecule has 3 aromatic carbocycles.